The Bertz CT molecular complexity index is 135. The van der Waals surface area contributed by atoms with Crippen molar-refractivity contribution in [1.82, 2.24) is 5.73 Å². The van der Waals surface area contributed by atoms with Gasteiger partial charge in [-0.2, -0.15) is 0 Å². The molecular weight excluding hydrogens is 170 g/mol. The van der Waals surface area contributed by atoms with Crippen LogP contribution in [0.3, 0.4) is 0 Å². The third-order valence-electron chi connectivity index (χ3n) is 2.50. The molecule has 1 radical (unpaired) electrons. The Labute approximate surface area is 89.5 Å². The van der Waals surface area contributed by atoms with Gasteiger partial charge in [-0.05, 0) is 12.8 Å². The van der Waals surface area contributed by atoms with Crippen LogP contribution in [0.4, 0.5) is 0 Å². The van der Waals surface area contributed by atoms with Crippen molar-refractivity contribution in [3.8, 4) is 12.3 Å². The number of rotatable bonds is 10. The van der Waals surface area contributed by atoms with Gasteiger partial charge in [-0.25, -0.2) is 0 Å². The quantitative estimate of drug-likeness (QED) is 0.373. The summed E-state index contributed by atoms with van der Waals surface area (Å²) < 4.78 is 0. The molecule has 0 unspecified atom stereocenters. The van der Waals surface area contributed by atoms with Crippen LogP contribution in [0.15, 0.2) is 0 Å². The van der Waals surface area contributed by atoms with E-state index in [-0.39, 0.29) is 0 Å². The minimum atomic E-state index is 0.603. The summed E-state index contributed by atoms with van der Waals surface area (Å²) in [6.45, 7) is 0.603. The van der Waals surface area contributed by atoms with E-state index in [1.807, 2.05) is 0 Å². The molecule has 1 nitrogen and oxygen atoms in total. The maximum atomic E-state index is 7.00. The molecule has 0 amide bonds. The fraction of sp³-hybridized carbons (Fsp3) is 0.846. The number of hydrogen-bond acceptors (Lipinski definition) is 0. The summed E-state index contributed by atoms with van der Waals surface area (Å²) in [5, 5.41) is 0. The van der Waals surface area contributed by atoms with Crippen molar-refractivity contribution in [1.29, 1.82) is 0 Å². The van der Waals surface area contributed by atoms with Crippen molar-refractivity contribution >= 4 is 0 Å². The molecule has 0 fully saturated rings. The van der Waals surface area contributed by atoms with Crippen molar-refractivity contribution in [3.05, 3.63) is 0 Å². The molecule has 0 atom stereocenters. The fourth-order valence-electron chi connectivity index (χ4n) is 1.59. The summed E-state index contributed by atoms with van der Waals surface area (Å²) in [5.41, 5.74) is 7.00. The zero-order valence-electron chi connectivity index (χ0n) is 9.36. The monoisotopic (exact) mass is 194 g/mol. The van der Waals surface area contributed by atoms with E-state index in [1.165, 1.54) is 51.4 Å². The highest BCUT2D eigenvalue weighted by atomic mass is 14.5. The highest BCUT2D eigenvalue weighted by Crippen LogP contribution is 2.09. The molecule has 1 heteroatoms. The lowest BCUT2D eigenvalue weighted by molar-refractivity contribution is 0.562. The van der Waals surface area contributed by atoms with E-state index in [4.69, 9.17) is 12.2 Å². The Morgan fingerprint density at radius 1 is 0.714 bits per heavy atom. The van der Waals surface area contributed by atoms with Crippen LogP contribution in [0, 0.1) is 12.3 Å². The van der Waals surface area contributed by atoms with Gasteiger partial charge in [0.25, 0.3) is 0 Å². The summed E-state index contributed by atoms with van der Waals surface area (Å²) in [6, 6.07) is 0. The van der Waals surface area contributed by atoms with E-state index in [2.05, 4.69) is 5.92 Å². The average molecular weight is 194 g/mol. The summed E-state index contributed by atoms with van der Waals surface area (Å²) in [5.74, 6) is 2.68. The minimum Gasteiger partial charge on any atom is -0.258 e. The molecule has 0 aromatic heterocycles. The van der Waals surface area contributed by atoms with E-state index >= 15 is 0 Å². The van der Waals surface area contributed by atoms with Crippen LogP contribution in [0.2, 0.25) is 0 Å². The number of nitrogens with one attached hydrogen (secondary N) is 1. The second kappa shape index (κ2) is 12.5. The Balaban J connectivity index is 2.82. The molecule has 0 aromatic carbocycles. The standard InChI is InChI=1S/C13H24N/c1-2-3-4-5-6-7-8-9-10-11-12-13-14/h1,14H,3-13H2. The van der Waals surface area contributed by atoms with Crippen molar-refractivity contribution in [2.24, 2.45) is 0 Å². The lowest BCUT2D eigenvalue weighted by atomic mass is 10.1. The first-order valence-corrected chi connectivity index (χ1v) is 6.00. The summed E-state index contributed by atoms with van der Waals surface area (Å²) in [7, 11) is 0. The highest BCUT2D eigenvalue weighted by Gasteiger charge is 1.91. The number of unbranched alkanes of at least 4 members (excludes halogenated alkanes) is 9. The van der Waals surface area contributed by atoms with Crippen molar-refractivity contribution in [2.45, 2.75) is 64.2 Å². The molecule has 0 aliphatic rings. The van der Waals surface area contributed by atoms with Gasteiger partial charge in [0.2, 0.25) is 0 Å². The van der Waals surface area contributed by atoms with E-state index < -0.39 is 0 Å². The second-order valence-corrected chi connectivity index (χ2v) is 3.89. The molecule has 0 saturated heterocycles. The molecule has 1 N–H and O–H groups in total. The van der Waals surface area contributed by atoms with Crippen LogP contribution < -0.4 is 5.73 Å². The Morgan fingerprint density at radius 2 is 1.14 bits per heavy atom. The summed E-state index contributed by atoms with van der Waals surface area (Å²) >= 11 is 0. The van der Waals surface area contributed by atoms with E-state index in [0.29, 0.717) is 6.54 Å². The van der Waals surface area contributed by atoms with Gasteiger partial charge >= 0.3 is 0 Å². The average Bonchev–Trinajstić information content (AvgIpc) is 2.21. The highest BCUT2D eigenvalue weighted by molar-refractivity contribution is 4.82. The van der Waals surface area contributed by atoms with Gasteiger partial charge in [-0.3, -0.25) is 5.73 Å². The van der Waals surface area contributed by atoms with Gasteiger partial charge < -0.3 is 0 Å². The first kappa shape index (κ1) is 13.5. The normalized spacial score (nSPS) is 10.0. The van der Waals surface area contributed by atoms with Gasteiger partial charge in [0, 0.05) is 13.0 Å². The number of hydrogen-bond donors (Lipinski definition) is 0. The summed E-state index contributed by atoms with van der Waals surface area (Å²) in [4.78, 5) is 0. The van der Waals surface area contributed by atoms with Gasteiger partial charge in [0.15, 0.2) is 0 Å². The van der Waals surface area contributed by atoms with Crippen molar-refractivity contribution < 1.29 is 0 Å². The second-order valence-electron chi connectivity index (χ2n) is 3.89. The predicted octanol–water partition coefficient (Wildman–Crippen LogP) is 3.80. The molecule has 0 aromatic rings. The Morgan fingerprint density at radius 3 is 1.57 bits per heavy atom. The van der Waals surface area contributed by atoms with E-state index in [0.717, 1.165) is 12.8 Å². The van der Waals surface area contributed by atoms with Crippen molar-refractivity contribution in [3.63, 3.8) is 0 Å². The molecule has 81 valence electrons. The van der Waals surface area contributed by atoms with Gasteiger partial charge in [-0.15, -0.1) is 12.3 Å². The molecule has 0 saturated carbocycles. The molecule has 0 rings (SSSR count). The molecule has 0 heterocycles. The Kier molecular flexibility index (Phi) is 12.1. The Hall–Kier alpha value is -0.480. The molecule has 0 spiro atoms. The third kappa shape index (κ3) is 11.5. The maximum Gasteiger partial charge on any atom is 0.00997 e. The minimum absolute atomic E-state index is 0.603. The maximum absolute atomic E-state index is 7.00. The third-order valence-corrected chi connectivity index (χ3v) is 2.50. The first-order chi connectivity index (χ1) is 6.91. The van der Waals surface area contributed by atoms with Crippen LogP contribution in [-0.2, 0) is 0 Å². The van der Waals surface area contributed by atoms with Crippen molar-refractivity contribution in [2.75, 3.05) is 6.54 Å². The molecule has 0 aliphatic heterocycles. The van der Waals surface area contributed by atoms with Crippen LogP contribution in [0.5, 0.6) is 0 Å². The lowest BCUT2D eigenvalue weighted by Crippen LogP contribution is -1.85. The van der Waals surface area contributed by atoms with Gasteiger partial charge in [0.05, 0.1) is 0 Å². The zero-order chi connectivity index (χ0) is 10.5. The molecule has 0 bridgehead atoms. The van der Waals surface area contributed by atoms with E-state index in [1.54, 1.807) is 0 Å². The number of terminal acetylenes is 1. The lowest BCUT2D eigenvalue weighted by Gasteiger charge is -2.00. The van der Waals surface area contributed by atoms with Crippen LogP contribution >= 0.6 is 0 Å². The fourth-order valence-corrected chi connectivity index (χ4v) is 1.59. The SMILES string of the molecule is C#CCCCCCCCCCCC[NH]. The molecular formula is C13H24N. The topological polar surface area (TPSA) is 23.8 Å². The van der Waals surface area contributed by atoms with Crippen LogP contribution in [0.1, 0.15) is 64.2 Å². The summed E-state index contributed by atoms with van der Waals surface area (Å²) in [6.07, 6.45) is 17.7. The molecule has 0 aliphatic carbocycles. The molecule has 14 heavy (non-hydrogen) atoms. The largest absolute Gasteiger partial charge is 0.258 e. The van der Waals surface area contributed by atoms with Gasteiger partial charge in [-0.1, -0.05) is 44.9 Å². The van der Waals surface area contributed by atoms with Crippen LogP contribution in [-0.4, -0.2) is 6.54 Å². The van der Waals surface area contributed by atoms with E-state index in [9.17, 15) is 0 Å². The van der Waals surface area contributed by atoms with Crippen LogP contribution in [0.25, 0.3) is 0 Å². The zero-order valence-corrected chi connectivity index (χ0v) is 9.36. The smallest absolute Gasteiger partial charge is 0.00997 e. The first-order valence-electron chi connectivity index (χ1n) is 6.00. The predicted molar refractivity (Wildman–Crippen MR) is 63.0 cm³/mol. The van der Waals surface area contributed by atoms with Gasteiger partial charge in [0.1, 0.15) is 0 Å².